The Morgan fingerprint density at radius 3 is 2.44 bits per heavy atom. The zero-order valence-corrected chi connectivity index (χ0v) is 9.39. The summed E-state index contributed by atoms with van der Waals surface area (Å²) >= 11 is 0. The van der Waals surface area contributed by atoms with E-state index < -0.39 is 17.0 Å². The molecule has 0 bridgehead atoms. The van der Waals surface area contributed by atoms with Crippen LogP contribution in [0.5, 0.6) is 5.75 Å². The van der Waals surface area contributed by atoms with Crippen LogP contribution in [0.4, 0.5) is 8.78 Å². The fourth-order valence-corrected chi connectivity index (χ4v) is 2.18. The van der Waals surface area contributed by atoms with Crippen LogP contribution < -0.4 is 10.5 Å². The van der Waals surface area contributed by atoms with Gasteiger partial charge in [0.2, 0.25) is 0 Å². The van der Waals surface area contributed by atoms with E-state index in [-0.39, 0.29) is 11.8 Å². The first-order chi connectivity index (χ1) is 7.51. The molecule has 1 fully saturated rings. The van der Waals surface area contributed by atoms with Crippen LogP contribution >= 0.6 is 0 Å². The van der Waals surface area contributed by atoms with Crippen molar-refractivity contribution in [1.82, 2.24) is 0 Å². The number of halogens is 2. The van der Waals surface area contributed by atoms with Crippen molar-refractivity contribution < 1.29 is 13.5 Å². The molecule has 0 saturated heterocycles. The van der Waals surface area contributed by atoms with Gasteiger partial charge in [-0.05, 0) is 25.8 Å². The van der Waals surface area contributed by atoms with Gasteiger partial charge in [-0.3, -0.25) is 0 Å². The van der Waals surface area contributed by atoms with Crippen LogP contribution in [0.1, 0.15) is 25.3 Å². The fraction of sp³-hybridized carbons (Fsp3) is 0.500. The van der Waals surface area contributed by atoms with Crippen molar-refractivity contribution in [3.05, 3.63) is 29.3 Å². The van der Waals surface area contributed by atoms with Crippen molar-refractivity contribution in [1.29, 1.82) is 0 Å². The van der Waals surface area contributed by atoms with Gasteiger partial charge in [0, 0.05) is 23.1 Å². The molecule has 0 aromatic heterocycles. The normalized spacial score (nSPS) is 19.3. The monoisotopic (exact) mass is 227 g/mol. The van der Waals surface area contributed by atoms with E-state index in [1.165, 1.54) is 13.2 Å². The molecule has 4 heteroatoms. The highest BCUT2D eigenvalue weighted by Crippen LogP contribution is 2.52. The van der Waals surface area contributed by atoms with E-state index in [1.807, 2.05) is 6.92 Å². The second-order valence-corrected chi connectivity index (χ2v) is 4.41. The molecule has 1 atom stereocenters. The SMILES string of the molecule is COc1cc(F)cc(C2(C(C)N)CC2)c1F. The van der Waals surface area contributed by atoms with Crippen LogP contribution in [0, 0.1) is 11.6 Å². The molecule has 0 radical (unpaired) electrons. The van der Waals surface area contributed by atoms with Gasteiger partial charge in [-0.15, -0.1) is 0 Å². The molecule has 1 saturated carbocycles. The molecule has 2 rings (SSSR count). The van der Waals surface area contributed by atoms with Crippen molar-refractivity contribution >= 4 is 0 Å². The predicted octanol–water partition coefficient (Wildman–Crippen LogP) is 2.35. The minimum Gasteiger partial charge on any atom is -0.494 e. The van der Waals surface area contributed by atoms with Gasteiger partial charge in [-0.1, -0.05) is 0 Å². The topological polar surface area (TPSA) is 35.2 Å². The van der Waals surface area contributed by atoms with E-state index in [4.69, 9.17) is 10.5 Å². The Balaban J connectivity index is 2.53. The Labute approximate surface area is 93.4 Å². The average Bonchev–Trinajstić information content (AvgIpc) is 3.02. The fourth-order valence-electron chi connectivity index (χ4n) is 2.18. The summed E-state index contributed by atoms with van der Waals surface area (Å²) in [5, 5.41) is 0. The number of benzene rings is 1. The van der Waals surface area contributed by atoms with Crippen molar-refractivity contribution in [3.8, 4) is 5.75 Å². The van der Waals surface area contributed by atoms with E-state index in [9.17, 15) is 8.78 Å². The molecule has 0 amide bonds. The molecule has 0 heterocycles. The van der Waals surface area contributed by atoms with Crippen molar-refractivity contribution in [2.24, 2.45) is 5.73 Å². The smallest absolute Gasteiger partial charge is 0.169 e. The Kier molecular flexibility index (Phi) is 2.62. The molecule has 1 aromatic carbocycles. The number of hydrogen-bond acceptors (Lipinski definition) is 2. The maximum Gasteiger partial charge on any atom is 0.169 e. The summed E-state index contributed by atoms with van der Waals surface area (Å²) < 4.78 is 32.1. The Hall–Kier alpha value is -1.16. The van der Waals surface area contributed by atoms with E-state index in [0.717, 1.165) is 18.9 Å². The molecule has 1 unspecified atom stereocenters. The zero-order chi connectivity index (χ0) is 11.9. The minimum absolute atomic E-state index is 0.0538. The van der Waals surface area contributed by atoms with E-state index >= 15 is 0 Å². The largest absolute Gasteiger partial charge is 0.494 e. The second-order valence-electron chi connectivity index (χ2n) is 4.41. The molecule has 88 valence electrons. The van der Waals surface area contributed by atoms with Gasteiger partial charge in [0.1, 0.15) is 5.82 Å². The molecule has 16 heavy (non-hydrogen) atoms. The first-order valence-electron chi connectivity index (χ1n) is 5.30. The van der Waals surface area contributed by atoms with Crippen LogP contribution in [0.3, 0.4) is 0 Å². The van der Waals surface area contributed by atoms with Crippen LogP contribution in [-0.2, 0) is 5.41 Å². The third kappa shape index (κ3) is 1.57. The molecule has 1 aromatic rings. The first kappa shape index (κ1) is 11.3. The van der Waals surface area contributed by atoms with Crippen molar-refractivity contribution in [2.45, 2.75) is 31.2 Å². The quantitative estimate of drug-likeness (QED) is 0.860. The number of methoxy groups -OCH3 is 1. The maximum absolute atomic E-state index is 14.0. The third-order valence-corrected chi connectivity index (χ3v) is 3.42. The van der Waals surface area contributed by atoms with Gasteiger partial charge in [0.25, 0.3) is 0 Å². The summed E-state index contributed by atoms with van der Waals surface area (Å²) in [6.07, 6.45) is 1.60. The van der Waals surface area contributed by atoms with Crippen LogP contribution in [0.2, 0.25) is 0 Å². The standard InChI is InChI=1S/C12H15F2NO/c1-7(15)12(3-4-12)9-5-8(13)6-10(16-2)11(9)14/h5-7H,3-4,15H2,1-2H3. The lowest BCUT2D eigenvalue weighted by Gasteiger charge is -2.21. The molecule has 0 aliphatic heterocycles. The third-order valence-electron chi connectivity index (χ3n) is 3.42. The van der Waals surface area contributed by atoms with Crippen LogP contribution in [0.15, 0.2) is 12.1 Å². The summed E-state index contributed by atoms with van der Waals surface area (Å²) in [4.78, 5) is 0. The Bertz CT molecular complexity index is 414. The molecule has 1 aliphatic rings. The van der Waals surface area contributed by atoms with E-state index in [1.54, 1.807) is 0 Å². The second kappa shape index (κ2) is 3.70. The van der Waals surface area contributed by atoms with Crippen LogP contribution in [-0.4, -0.2) is 13.2 Å². The van der Waals surface area contributed by atoms with Crippen LogP contribution in [0.25, 0.3) is 0 Å². The molecular weight excluding hydrogens is 212 g/mol. The summed E-state index contributed by atoms with van der Waals surface area (Å²) in [6.45, 7) is 1.82. The maximum atomic E-state index is 14.0. The predicted molar refractivity (Wildman–Crippen MR) is 57.5 cm³/mol. The van der Waals surface area contributed by atoms with Gasteiger partial charge < -0.3 is 10.5 Å². The Morgan fingerprint density at radius 2 is 2.00 bits per heavy atom. The average molecular weight is 227 g/mol. The van der Waals surface area contributed by atoms with Crippen molar-refractivity contribution in [3.63, 3.8) is 0 Å². The molecule has 2 nitrogen and oxygen atoms in total. The summed E-state index contributed by atoms with van der Waals surface area (Å²) in [6, 6.07) is 2.10. The molecule has 1 aliphatic carbocycles. The summed E-state index contributed by atoms with van der Waals surface area (Å²) in [5.74, 6) is -1.03. The molecule has 2 N–H and O–H groups in total. The number of rotatable bonds is 3. The lowest BCUT2D eigenvalue weighted by atomic mass is 9.89. The highest BCUT2D eigenvalue weighted by molar-refractivity contribution is 5.41. The lowest BCUT2D eigenvalue weighted by molar-refractivity contribution is 0.374. The highest BCUT2D eigenvalue weighted by Gasteiger charge is 2.49. The lowest BCUT2D eigenvalue weighted by Crippen LogP contribution is -2.32. The summed E-state index contributed by atoms with van der Waals surface area (Å²) in [5.41, 5.74) is 5.79. The first-order valence-corrected chi connectivity index (χ1v) is 5.30. The minimum atomic E-state index is -0.487. The van der Waals surface area contributed by atoms with Gasteiger partial charge in [0.05, 0.1) is 7.11 Å². The van der Waals surface area contributed by atoms with Gasteiger partial charge in [-0.25, -0.2) is 8.78 Å². The molecular formula is C12H15F2NO. The summed E-state index contributed by atoms with van der Waals surface area (Å²) in [7, 11) is 1.33. The van der Waals surface area contributed by atoms with E-state index in [2.05, 4.69) is 0 Å². The highest BCUT2D eigenvalue weighted by atomic mass is 19.1. The van der Waals surface area contributed by atoms with Gasteiger partial charge in [0.15, 0.2) is 11.6 Å². The number of nitrogens with two attached hydrogens (primary N) is 1. The number of ether oxygens (including phenoxy) is 1. The van der Waals surface area contributed by atoms with Gasteiger partial charge >= 0.3 is 0 Å². The zero-order valence-electron chi connectivity index (χ0n) is 9.39. The van der Waals surface area contributed by atoms with Crippen molar-refractivity contribution in [2.75, 3.05) is 7.11 Å². The molecule has 0 spiro atoms. The number of hydrogen-bond donors (Lipinski definition) is 1. The Morgan fingerprint density at radius 1 is 1.38 bits per heavy atom. The van der Waals surface area contributed by atoms with E-state index in [0.29, 0.717) is 5.56 Å². The van der Waals surface area contributed by atoms with Gasteiger partial charge in [-0.2, -0.15) is 0 Å².